The normalized spacial score (nSPS) is 31.6. The van der Waals surface area contributed by atoms with Gasteiger partial charge in [-0.1, -0.05) is 0 Å². The minimum absolute atomic E-state index is 0.0367. The number of amides is 1. The number of likely N-dealkylation sites (tertiary alicyclic amines) is 1. The van der Waals surface area contributed by atoms with Gasteiger partial charge in [0.1, 0.15) is 0 Å². The van der Waals surface area contributed by atoms with Crippen molar-refractivity contribution in [1.29, 1.82) is 0 Å². The monoisotopic (exact) mass is 239 g/mol. The fraction of sp³-hybridized carbons (Fsp3) is 0.923. The van der Waals surface area contributed by atoms with E-state index >= 15 is 0 Å². The molecule has 0 bridgehead atoms. The second-order valence-corrected chi connectivity index (χ2v) is 5.58. The smallest absolute Gasteiger partial charge is 0.237 e. The van der Waals surface area contributed by atoms with Gasteiger partial charge in [0.15, 0.2) is 0 Å². The van der Waals surface area contributed by atoms with Gasteiger partial charge in [0.05, 0.1) is 6.04 Å². The molecule has 4 heteroatoms. The highest BCUT2D eigenvalue weighted by molar-refractivity contribution is 5.81. The Hall–Kier alpha value is -0.610. The number of hydrogen-bond acceptors (Lipinski definition) is 3. The predicted molar refractivity (Wildman–Crippen MR) is 68.9 cm³/mol. The Morgan fingerprint density at radius 2 is 2.18 bits per heavy atom. The lowest BCUT2D eigenvalue weighted by Crippen LogP contribution is -2.48. The van der Waals surface area contributed by atoms with Gasteiger partial charge < -0.3 is 10.6 Å². The first kappa shape index (κ1) is 12.8. The summed E-state index contributed by atoms with van der Waals surface area (Å²) in [7, 11) is 0. The summed E-state index contributed by atoms with van der Waals surface area (Å²) in [6.45, 7) is 7.56. The zero-order chi connectivity index (χ0) is 12.3. The molecule has 2 atom stereocenters. The molecule has 2 fully saturated rings. The van der Waals surface area contributed by atoms with Crippen molar-refractivity contribution in [3.8, 4) is 0 Å². The van der Waals surface area contributed by atoms with Crippen LogP contribution in [0.3, 0.4) is 0 Å². The molecule has 2 saturated heterocycles. The number of carbonyl (C=O) groups is 1. The number of carbonyl (C=O) groups excluding carboxylic acids is 1. The topological polar surface area (TPSA) is 44.4 Å². The van der Waals surface area contributed by atoms with Crippen LogP contribution in [-0.2, 0) is 4.79 Å². The number of rotatable bonds is 3. The molecule has 2 aliphatic heterocycles. The van der Waals surface area contributed by atoms with Crippen molar-refractivity contribution in [3.63, 3.8) is 0 Å². The van der Waals surface area contributed by atoms with E-state index in [1.54, 1.807) is 0 Å². The molecular weight excluding hydrogens is 214 g/mol. The summed E-state index contributed by atoms with van der Waals surface area (Å²) in [5.41, 5.74) is 0. The summed E-state index contributed by atoms with van der Waals surface area (Å²) in [6.07, 6.45) is 4.43. The molecule has 98 valence electrons. The Kier molecular flexibility index (Phi) is 4.40. The van der Waals surface area contributed by atoms with Crippen LogP contribution in [0.5, 0.6) is 0 Å². The summed E-state index contributed by atoms with van der Waals surface area (Å²) in [4.78, 5) is 14.3. The summed E-state index contributed by atoms with van der Waals surface area (Å²) >= 11 is 0. The highest BCUT2D eigenvalue weighted by atomic mass is 16.2. The van der Waals surface area contributed by atoms with Gasteiger partial charge >= 0.3 is 0 Å². The van der Waals surface area contributed by atoms with Crippen LogP contribution in [0.2, 0.25) is 0 Å². The standard InChI is InChI=1S/C13H25N3O/c1-10(2)16-8-6-11(9-16)15-12-5-3-4-7-14-13(12)17/h10-12,15H,3-9H2,1-2H3,(H,14,17). The van der Waals surface area contributed by atoms with Crippen LogP contribution in [0.1, 0.15) is 39.5 Å². The molecule has 17 heavy (non-hydrogen) atoms. The summed E-state index contributed by atoms with van der Waals surface area (Å²) < 4.78 is 0. The third kappa shape index (κ3) is 3.42. The number of hydrogen-bond donors (Lipinski definition) is 2. The molecule has 0 spiro atoms. The lowest BCUT2D eigenvalue weighted by Gasteiger charge is -2.23. The minimum Gasteiger partial charge on any atom is -0.355 e. The maximum absolute atomic E-state index is 11.8. The number of nitrogens with zero attached hydrogens (tertiary/aromatic N) is 1. The molecule has 2 aliphatic rings. The molecule has 0 aromatic rings. The van der Waals surface area contributed by atoms with Crippen molar-refractivity contribution in [2.24, 2.45) is 0 Å². The molecule has 0 aromatic carbocycles. The van der Waals surface area contributed by atoms with E-state index in [9.17, 15) is 4.79 Å². The van der Waals surface area contributed by atoms with E-state index in [0.29, 0.717) is 12.1 Å². The van der Waals surface area contributed by atoms with E-state index in [1.807, 2.05) is 0 Å². The lowest BCUT2D eigenvalue weighted by atomic mass is 10.1. The van der Waals surface area contributed by atoms with Gasteiger partial charge in [-0.2, -0.15) is 0 Å². The molecule has 0 aliphatic carbocycles. The zero-order valence-corrected chi connectivity index (χ0v) is 11.0. The van der Waals surface area contributed by atoms with Gasteiger partial charge in [0, 0.05) is 25.2 Å². The highest BCUT2D eigenvalue weighted by Gasteiger charge is 2.28. The van der Waals surface area contributed by atoms with Crippen LogP contribution in [0.4, 0.5) is 0 Å². The third-order valence-corrected chi connectivity index (χ3v) is 3.92. The van der Waals surface area contributed by atoms with Gasteiger partial charge in [-0.05, 0) is 46.1 Å². The average molecular weight is 239 g/mol. The Morgan fingerprint density at radius 3 is 2.88 bits per heavy atom. The fourth-order valence-electron chi connectivity index (χ4n) is 2.78. The highest BCUT2D eigenvalue weighted by Crippen LogP contribution is 2.14. The average Bonchev–Trinajstić information content (AvgIpc) is 2.66. The Morgan fingerprint density at radius 1 is 1.35 bits per heavy atom. The molecular formula is C13H25N3O. The SMILES string of the molecule is CC(C)N1CCC(NC2CCCCNC2=O)C1. The lowest BCUT2D eigenvalue weighted by molar-refractivity contribution is -0.123. The molecule has 0 aromatic heterocycles. The Labute approximate surface area is 104 Å². The molecule has 0 radical (unpaired) electrons. The van der Waals surface area contributed by atoms with E-state index < -0.39 is 0 Å². The minimum atomic E-state index is 0.0367. The molecule has 0 saturated carbocycles. The number of nitrogens with one attached hydrogen (secondary N) is 2. The predicted octanol–water partition coefficient (Wildman–Crippen LogP) is 0.727. The third-order valence-electron chi connectivity index (χ3n) is 3.92. The first-order chi connectivity index (χ1) is 8.16. The van der Waals surface area contributed by atoms with Crippen molar-refractivity contribution < 1.29 is 4.79 Å². The van der Waals surface area contributed by atoms with Crippen LogP contribution < -0.4 is 10.6 Å². The van der Waals surface area contributed by atoms with Gasteiger partial charge in [0.25, 0.3) is 0 Å². The first-order valence-electron chi connectivity index (χ1n) is 6.94. The van der Waals surface area contributed by atoms with Gasteiger partial charge in [-0.15, -0.1) is 0 Å². The van der Waals surface area contributed by atoms with Crippen LogP contribution in [0.25, 0.3) is 0 Å². The Bertz CT molecular complexity index is 267. The largest absolute Gasteiger partial charge is 0.355 e. The molecule has 4 nitrogen and oxygen atoms in total. The van der Waals surface area contributed by atoms with E-state index in [2.05, 4.69) is 29.4 Å². The maximum atomic E-state index is 11.8. The molecule has 1 amide bonds. The molecule has 2 heterocycles. The van der Waals surface area contributed by atoms with E-state index in [4.69, 9.17) is 0 Å². The summed E-state index contributed by atoms with van der Waals surface area (Å²) in [6, 6.07) is 1.14. The summed E-state index contributed by atoms with van der Waals surface area (Å²) in [5.74, 6) is 0.200. The van der Waals surface area contributed by atoms with Gasteiger partial charge in [0.2, 0.25) is 5.91 Å². The van der Waals surface area contributed by atoms with Crippen molar-refractivity contribution in [1.82, 2.24) is 15.5 Å². The van der Waals surface area contributed by atoms with Crippen molar-refractivity contribution in [2.75, 3.05) is 19.6 Å². The fourth-order valence-corrected chi connectivity index (χ4v) is 2.78. The van der Waals surface area contributed by atoms with Crippen molar-refractivity contribution >= 4 is 5.91 Å². The van der Waals surface area contributed by atoms with Crippen molar-refractivity contribution in [3.05, 3.63) is 0 Å². The van der Waals surface area contributed by atoms with Crippen molar-refractivity contribution in [2.45, 2.75) is 57.7 Å². The van der Waals surface area contributed by atoms with Crippen LogP contribution in [-0.4, -0.2) is 48.6 Å². The van der Waals surface area contributed by atoms with E-state index in [0.717, 1.165) is 38.9 Å². The summed E-state index contributed by atoms with van der Waals surface area (Å²) in [5, 5.41) is 6.53. The molecule has 2 unspecified atom stereocenters. The molecule has 2 rings (SSSR count). The first-order valence-corrected chi connectivity index (χ1v) is 6.94. The van der Waals surface area contributed by atoms with E-state index in [-0.39, 0.29) is 11.9 Å². The van der Waals surface area contributed by atoms with Gasteiger partial charge in [-0.25, -0.2) is 0 Å². The quantitative estimate of drug-likeness (QED) is 0.763. The zero-order valence-electron chi connectivity index (χ0n) is 11.0. The van der Waals surface area contributed by atoms with Gasteiger partial charge in [-0.3, -0.25) is 9.69 Å². The van der Waals surface area contributed by atoms with Crippen LogP contribution >= 0.6 is 0 Å². The maximum Gasteiger partial charge on any atom is 0.237 e. The molecule has 2 N–H and O–H groups in total. The second kappa shape index (κ2) is 5.83. The van der Waals surface area contributed by atoms with Crippen LogP contribution in [0, 0.1) is 0 Å². The van der Waals surface area contributed by atoms with E-state index in [1.165, 1.54) is 6.42 Å². The second-order valence-electron chi connectivity index (χ2n) is 5.58. The van der Waals surface area contributed by atoms with Crippen LogP contribution in [0.15, 0.2) is 0 Å². The Balaban J connectivity index is 1.82.